The summed E-state index contributed by atoms with van der Waals surface area (Å²) in [5, 5.41) is 11.9. The normalized spacial score (nSPS) is 35.7. The first-order valence-corrected chi connectivity index (χ1v) is 17.5. The smallest absolute Gasteiger partial charge is 0.306 e. The minimum absolute atomic E-state index is 0.00863. The molecular formula is C37H56O7. The monoisotopic (exact) mass is 612 g/mol. The van der Waals surface area contributed by atoms with Crippen molar-refractivity contribution in [3.8, 4) is 0 Å². The van der Waals surface area contributed by atoms with E-state index in [1.54, 1.807) is 19.1 Å². The lowest BCUT2D eigenvalue weighted by atomic mass is 9.46. The molecule has 8 atom stereocenters. The number of rotatable bonds is 15. The Hall–Kier alpha value is -2.28. The van der Waals surface area contributed by atoms with E-state index in [0.717, 1.165) is 31.3 Å². The lowest BCUT2D eigenvalue weighted by Gasteiger charge is -2.60. The summed E-state index contributed by atoms with van der Waals surface area (Å²) in [5.41, 5.74) is -1.66. The number of aliphatic hydroxyl groups excluding tert-OH is 1. The lowest BCUT2D eigenvalue weighted by molar-refractivity contribution is -0.206. The molecule has 0 unspecified atom stereocenters. The van der Waals surface area contributed by atoms with Crippen molar-refractivity contribution in [3.63, 3.8) is 0 Å². The van der Waals surface area contributed by atoms with Gasteiger partial charge in [0.2, 0.25) is 5.78 Å². The maximum absolute atomic E-state index is 14.2. The van der Waals surface area contributed by atoms with E-state index in [0.29, 0.717) is 19.3 Å². The number of hydrogen-bond acceptors (Lipinski definition) is 7. The van der Waals surface area contributed by atoms with E-state index < -0.39 is 35.1 Å². The maximum Gasteiger partial charge on any atom is 0.306 e. The first kappa shape index (κ1) is 34.6. The summed E-state index contributed by atoms with van der Waals surface area (Å²) >= 11 is 0. The van der Waals surface area contributed by atoms with Crippen LogP contribution in [0.25, 0.3) is 0 Å². The van der Waals surface area contributed by atoms with Crippen LogP contribution in [-0.2, 0) is 28.7 Å². The van der Waals surface area contributed by atoms with Gasteiger partial charge in [0.25, 0.3) is 0 Å². The Bertz CT molecular complexity index is 1140. The van der Waals surface area contributed by atoms with Crippen LogP contribution in [0.1, 0.15) is 131 Å². The third-order valence-electron chi connectivity index (χ3n) is 11.9. The highest BCUT2D eigenvalue weighted by Gasteiger charge is 2.72. The van der Waals surface area contributed by atoms with Gasteiger partial charge in [0.1, 0.15) is 0 Å². The second-order valence-corrected chi connectivity index (χ2v) is 14.6. The molecule has 0 aromatic carbocycles. The second kappa shape index (κ2) is 14.4. The van der Waals surface area contributed by atoms with Crippen molar-refractivity contribution in [1.29, 1.82) is 0 Å². The Kier molecular flexibility index (Phi) is 11.3. The predicted molar refractivity (Wildman–Crippen MR) is 169 cm³/mol. The molecule has 3 saturated carbocycles. The Morgan fingerprint density at radius 1 is 0.977 bits per heavy atom. The number of fused-ring (bicyclic) bond motifs is 5. The highest BCUT2D eigenvalue weighted by Crippen LogP contribution is 2.69. The summed E-state index contributed by atoms with van der Waals surface area (Å²) in [7, 11) is 0. The third kappa shape index (κ3) is 6.50. The topological polar surface area (TPSA) is 107 Å². The van der Waals surface area contributed by atoms with E-state index in [2.05, 4.69) is 13.8 Å². The molecule has 0 aromatic rings. The zero-order valence-electron chi connectivity index (χ0n) is 27.8. The second-order valence-electron chi connectivity index (χ2n) is 14.6. The number of allylic oxidation sites excluding steroid dienone is 4. The molecule has 246 valence electrons. The predicted octanol–water partition coefficient (Wildman–Crippen LogP) is 7.24. The molecule has 0 saturated heterocycles. The quantitative estimate of drug-likeness (QED) is 0.153. The molecule has 0 bridgehead atoms. The van der Waals surface area contributed by atoms with E-state index in [1.165, 1.54) is 38.5 Å². The van der Waals surface area contributed by atoms with Gasteiger partial charge in [0, 0.05) is 35.5 Å². The van der Waals surface area contributed by atoms with Crippen molar-refractivity contribution in [1.82, 2.24) is 0 Å². The molecule has 0 aromatic heterocycles. The van der Waals surface area contributed by atoms with Crippen LogP contribution >= 0.6 is 0 Å². The van der Waals surface area contributed by atoms with Crippen LogP contribution < -0.4 is 0 Å². The van der Waals surface area contributed by atoms with E-state index in [9.17, 15) is 24.3 Å². The third-order valence-corrected chi connectivity index (χ3v) is 11.9. The number of esters is 2. The van der Waals surface area contributed by atoms with Gasteiger partial charge in [-0.25, -0.2) is 0 Å². The van der Waals surface area contributed by atoms with Crippen LogP contribution in [0.2, 0.25) is 0 Å². The molecule has 0 heterocycles. The van der Waals surface area contributed by atoms with Gasteiger partial charge >= 0.3 is 11.9 Å². The summed E-state index contributed by atoms with van der Waals surface area (Å²) in [6.07, 6.45) is 17.7. The highest BCUT2D eigenvalue weighted by molar-refractivity contribution is 6.01. The number of hydrogen-bond donors (Lipinski definition) is 1. The molecule has 0 amide bonds. The first-order chi connectivity index (χ1) is 20.9. The van der Waals surface area contributed by atoms with Gasteiger partial charge in [-0.05, 0) is 56.1 Å². The molecule has 7 nitrogen and oxygen atoms in total. The van der Waals surface area contributed by atoms with Crippen LogP contribution in [0.4, 0.5) is 0 Å². The molecule has 4 rings (SSSR count). The number of unbranched alkanes of at least 4 members (excludes halogenated alkanes) is 8. The lowest BCUT2D eigenvalue weighted by Crippen LogP contribution is -2.64. The molecular weight excluding hydrogens is 556 g/mol. The SMILES string of the molecule is CCCCCCCCCCCC(=O)O[C@@]1(C(=O)COC(=O)CC)[C@H](C)C[C@H]2[C@@H]3CCC4=CC(=O)C=C[C@]4(C)[C@H]3[C@@H](O)C[C@@]21C. The Morgan fingerprint density at radius 2 is 1.64 bits per heavy atom. The summed E-state index contributed by atoms with van der Waals surface area (Å²) in [6, 6.07) is 0. The molecule has 4 aliphatic rings. The molecule has 44 heavy (non-hydrogen) atoms. The Balaban J connectivity index is 1.53. The van der Waals surface area contributed by atoms with Gasteiger partial charge < -0.3 is 14.6 Å². The van der Waals surface area contributed by atoms with Crippen molar-refractivity contribution >= 4 is 23.5 Å². The molecule has 1 N–H and O–H groups in total. The van der Waals surface area contributed by atoms with Crippen LogP contribution in [0, 0.1) is 34.5 Å². The van der Waals surface area contributed by atoms with Crippen molar-refractivity contribution in [2.45, 2.75) is 143 Å². The van der Waals surface area contributed by atoms with Crippen molar-refractivity contribution in [2.75, 3.05) is 6.61 Å². The number of Topliss-reactive ketones (excluding diaryl/α,β-unsaturated/α-hetero) is 1. The zero-order chi connectivity index (χ0) is 32.1. The summed E-state index contributed by atoms with van der Waals surface area (Å²) in [6.45, 7) is 9.57. The molecule has 3 fully saturated rings. The Labute approximate surface area is 264 Å². The highest BCUT2D eigenvalue weighted by atomic mass is 16.6. The fourth-order valence-corrected chi connectivity index (χ4v) is 9.68. The minimum Gasteiger partial charge on any atom is -0.457 e. The van der Waals surface area contributed by atoms with E-state index >= 15 is 0 Å². The molecule has 0 radical (unpaired) electrons. The van der Waals surface area contributed by atoms with Crippen LogP contribution in [0.5, 0.6) is 0 Å². The number of ether oxygens (including phenoxy) is 2. The van der Waals surface area contributed by atoms with E-state index in [-0.39, 0.29) is 54.0 Å². The first-order valence-electron chi connectivity index (χ1n) is 17.5. The number of carbonyl (C=O) groups excluding carboxylic acids is 4. The number of carbonyl (C=O) groups is 4. The van der Waals surface area contributed by atoms with Crippen molar-refractivity contribution in [3.05, 3.63) is 23.8 Å². The van der Waals surface area contributed by atoms with Crippen molar-refractivity contribution in [2.24, 2.45) is 34.5 Å². The fraction of sp³-hybridized carbons (Fsp3) is 0.784. The van der Waals surface area contributed by atoms with E-state index in [1.807, 2.05) is 19.9 Å². The fourth-order valence-electron chi connectivity index (χ4n) is 9.68. The maximum atomic E-state index is 14.2. The van der Waals surface area contributed by atoms with Crippen LogP contribution in [-0.4, -0.2) is 46.9 Å². The summed E-state index contributed by atoms with van der Waals surface area (Å²) < 4.78 is 11.7. The molecule has 0 spiro atoms. The van der Waals surface area contributed by atoms with Gasteiger partial charge in [0.05, 0.1) is 6.10 Å². The van der Waals surface area contributed by atoms with Gasteiger partial charge in [-0.3, -0.25) is 19.2 Å². The molecule has 0 aliphatic heterocycles. The van der Waals surface area contributed by atoms with Gasteiger partial charge in [-0.15, -0.1) is 0 Å². The summed E-state index contributed by atoms with van der Waals surface area (Å²) in [4.78, 5) is 52.0. The standard InChI is InChI=1S/C37H56O7/c1-6-8-9-10-11-12-13-14-15-16-33(42)44-37(31(40)24-43-32(41)7-2)25(3)21-29-28-18-17-26-22-27(38)19-20-35(26,4)34(28)30(39)23-36(29,37)5/h19-20,22,25,28-30,34,39H,6-18,21,23-24H2,1-5H3/t25-,28+,29+,30+,34-,35+,36+,37-/m1/s1. The average molecular weight is 613 g/mol. The van der Waals surface area contributed by atoms with Crippen LogP contribution in [0.3, 0.4) is 0 Å². The minimum atomic E-state index is -1.48. The zero-order valence-corrected chi connectivity index (χ0v) is 27.8. The summed E-state index contributed by atoms with van der Waals surface area (Å²) in [5.74, 6) is -1.52. The molecule has 4 aliphatic carbocycles. The van der Waals surface area contributed by atoms with E-state index in [4.69, 9.17) is 9.47 Å². The molecule has 7 heteroatoms. The van der Waals surface area contributed by atoms with Crippen molar-refractivity contribution < 1.29 is 33.8 Å². The Morgan fingerprint density at radius 3 is 2.30 bits per heavy atom. The van der Waals surface area contributed by atoms with Crippen LogP contribution in [0.15, 0.2) is 23.8 Å². The average Bonchev–Trinajstić information content (AvgIpc) is 3.21. The van der Waals surface area contributed by atoms with Gasteiger partial charge in [-0.1, -0.05) is 97.6 Å². The van der Waals surface area contributed by atoms with Gasteiger partial charge in [0.15, 0.2) is 18.0 Å². The number of aliphatic hydroxyl groups is 1. The number of ketones is 2. The largest absolute Gasteiger partial charge is 0.457 e. The van der Waals surface area contributed by atoms with Gasteiger partial charge in [-0.2, -0.15) is 0 Å².